The molecule has 1 amide bonds. The van der Waals surface area contributed by atoms with E-state index in [0.717, 1.165) is 16.7 Å². The van der Waals surface area contributed by atoms with Crippen molar-refractivity contribution in [3.63, 3.8) is 0 Å². The lowest BCUT2D eigenvalue weighted by atomic mass is 9.72. The first kappa shape index (κ1) is 22.1. The summed E-state index contributed by atoms with van der Waals surface area (Å²) in [5.41, 5.74) is 6.31. The number of carboxylic acid groups (broad SMARTS) is 1. The SMILES string of the molecule is Nc1nc(C(=NOCCCBr)C(=O)NC2Cc3cccc(C(=O)O)c3OB2O)cs1. The van der Waals surface area contributed by atoms with Gasteiger partial charge in [0.05, 0.1) is 11.5 Å². The van der Waals surface area contributed by atoms with Crippen molar-refractivity contribution in [1.29, 1.82) is 0 Å². The molecule has 0 radical (unpaired) electrons. The molecular weight excluding hydrogens is 479 g/mol. The number of para-hydroxylation sites is 1. The molecule has 0 fully saturated rings. The molecule has 13 heteroatoms. The van der Waals surface area contributed by atoms with Crippen molar-refractivity contribution in [2.45, 2.75) is 18.8 Å². The third kappa shape index (κ3) is 5.09. The van der Waals surface area contributed by atoms with Crippen LogP contribution in [0.1, 0.15) is 28.0 Å². The number of anilines is 1. The normalized spacial score (nSPS) is 15.9. The van der Waals surface area contributed by atoms with Gasteiger partial charge in [-0.3, -0.25) is 4.79 Å². The number of carbonyl (C=O) groups excluding carboxylic acids is 1. The van der Waals surface area contributed by atoms with Crippen molar-refractivity contribution >= 4 is 57.1 Å². The van der Waals surface area contributed by atoms with Gasteiger partial charge in [-0.1, -0.05) is 33.2 Å². The maximum atomic E-state index is 12.8. The number of fused-ring (bicyclic) bond motifs is 1. The van der Waals surface area contributed by atoms with Crippen molar-refractivity contribution in [1.82, 2.24) is 10.3 Å². The maximum absolute atomic E-state index is 12.8. The van der Waals surface area contributed by atoms with Gasteiger partial charge in [-0.2, -0.15) is 0 Å². The summed E-state index contributed by atoms with van der Waals surface area (Å²) in [5.74, 6) is -2.55. The van der Waals surface area contributed by atoms with Crippen LogP contribution in [-0.2, 0) is 16.1 Å². The van der Waals surface area contributed by atoms with E-state index >= 15 is 0 Å². The van der Waals surface area contributed by atoms with Crippen LogP contribution in [0.15, 0.2) is 28.7 Å². The number of aromatic carboxylic acids is 1. The first-order valence-electron chi connectivity index (χ1n) is 8.88. The molecule has 10 nitrogen and oxygen atoms in total. The number of nitrogen functional groups attached to an aromatic ring is 1. The number of nitrogens with one attached hydrogen (secondary N) is 1. The molecule has 2 aromatic rings. The molecular formula is C17H18BBrN4O6S. The van der Waals surface area contributed by atoms with Gasteiger partial charge in [0.2, 0.25) is 0 Å². The van der Waals surface area contributed by atoms with E-state index in [4.69, 9.17) is 15.2 Å². The van der Waals surface area contributed by atoms with Gasteiger partial charge in [-0.15, -0.1) is 11.3 Å². The zero-order chi connectivity index (χ0) is 21.7. The smallest absolute Gasteiger partial charge is 0.534 e. The average Bonchev–Trinajstić information content (AvgIpc) is 3.13. The number of thiazole rings is 1. The molecule has 0 spiro atoms. The minimum absolute atomic E-state index is 0.0586. The van der Waals surface area contributed by atoms with E-state index in [9.17, 15) is 19.7 Å². The van der Waals surface area contributed by atoms with E-state index in [-0.39, 0.29) is 34.3 Å². The Hall–Kier alpha value is -2.64. The number of amides is 1. The lowest BCUT2D eigenvalue weighted by Gasteiger charge is -2.28. The van der Waals surface area contributed by atoms with Gasteiger partial charge in [0.1, 0.15) is 18.1 Å². The molecule has 1 aromatic carbocycles. The summed E-state index contributed by atoms with van der Waals surface area (Å²) in [6, 6.07) is 4.63. The number of hydrogen-bond acceptors (Lipinski definition) is 9. The number of alkyl halides is 1. The summed E-state index contributed by atoms with van der Waals surface area (Å²) in [4.78, 5) is 33.5. The third-order valence-corrected chi connectivity index (χ3v) is 5.41. The first-order valence-corrected chi connectivity index (χ1v) is 10.9. The van der Waals surface area contributed by atoms with Gasteiger partial charge >= 0.3 is 13.1 Å². The van der Waals surface area contributed by atoms with Crippen LogP contribution in [0, 0.1) is 0 Å². The molecule has 30 heavy (non-hydrogen) atoms. The van der Waals surface area contributed by atoms with Crippen LogP contribution in [0.3, 0.4) is 0 Å². The minimum atomic E-state index is -1.45. The molecule has 3 rings (SSSR count). The number of halogens is 1. The number of nitrogens with zero attached hydrogens (tertiary/aromatic N) is 2. The van der Waals surface area contributed by atoms with E-state index in [1.54, 1.807) is 17.5 Å². The second kappa shape index (κ2) is 9.91. The predicted molar refractivity (Wildman–Crippen MR) is 115 cm³/mol. The van der Waals surface area contributed by atoms with E-state index in [2.05, 4.69) is 31.4 Å². The van der Waals surface area contributed by atoms with Crippen LogP contribution in [-0.4, -0.2) is 57.7 Å². The van der Waals surface area contributed by atoms with Crippen molar-refractivity contribution in [3.8, 4) is 5.75 Å². The van der Waals surface area contributed by atoms with E-state index in [1.807, 2.05) is 0 Å². The number of benzene rings is 1. The highest BCUT2D eigenvalue weighted by atomic mass is 79.9. The van der Waals surface area contributed by atoms with Crippen molar-refractivity contribution in [3.05, 3.63) is 40.4 Å². The molecule has 0 saturated carbocycles. The first-order chi connectivity index (χ1) is 14.4. The molecule has 0 saturated heterocycles. The fraction of sp³-hybridized carbons (Fsp3) is 0.294. The third-order valence-electron chi connectivity index (χ3n) is 4.17. The summed E-state index contributed by atoms with van der Waals surface area (Å²) in [6.45, 7) is 0.294. The van der Waals surface area contributed by atoms with E-state index in [0.29, 0.717) is 18.6 Å². The Morgan fingerprint density at radius 3 is 2.97 bits per heavy atom. The lowest BCUT2D eigenvalue weighted by molar-refractivity contribution is -0.115. The molecule has 2 heterocycles. The van der Waals surface area contributed by atoms with Crippen molar-refractivity contribution in [2.75, 3.05) is 17.7 Å². The molecule has 1 unspecified atom stereocenters. The van der Waals surface area contributed by atoms with Crippen LogP contribution in [0.2, 0.25) is 0 Å². The molecule has 1 aromatic heterocycles. The molecule has 158 valence electrons. The van der Waals surface area contributed by atoms with Crippen LogP contribution < -0.4 is 15.7 Å². The average molecular weight is 497 g/mol. The molecule has 0 bridgehead atoms. The molecule has 1 aliphatic heterocycles. The number of nitrogens with two attached hydrogens (primary N) is 1. The van der Waals surface area contributed by atoms with E-state index < -0.39 is 24.9 Å². The highest BCUT2D eigenvalue weighted by Gasteiger charge is 2.38. The van der Waals surface area contributed by atoms with Gasteiger partial charge in [0.25, 0.3) is 5.91 Å². The lowest BCUT2D eigenvalue weighted by Crippen LogP contribution is -2.54. The molecule has 1 aliphatic rings. The van der Waals surface area contributed by atoms with Crippen LogP contribution in [0.4, 0.5) is 5.13 Å². The van der Waals surface area contributed by atoms with Gasteiger partial charge in [0.15, 0.2) is 10.8 Å². The molecule has 5 N–H and O–H groups in total. The summed E-state index contributed by atoms with van der Waals surface area (Å²) in [7, 11) is -1.45. The Labute approximate surface area is 184 Å². The van der Waals surface area contributed by atoms with Crippen LogP contribution >= 0.6 is 27.3 Å². The molecule has 1 atom stereocenters. The second-order valence-corrected chi connectivity index (χ2v) is 7.96. The summed E-state index contributed by atoms with van der Waals surface area (Å²) < 4.78 is 5.39. The Balaban J connectivity index is 1.78. The largest absolute Gasteiger partial charge is 0.547 e. The number of carboxylic acids is 1. The highest BCUT2D eigenvalue weighted by molar-refractivity contribution is 9.09. The van der Waals surface area contributed by atoms with E-state index in [1.165, 1.54) is 6.07 Å². The maximum Gasteiger partial charge on any atom is 0.547 e. The summed E-state index contributed by atoms with van der Waals surface area (Å²) >= 11 is 4.43. The number of aromatic nitrogens is 1. The Morgan fingerprint density at radius 1 is 1.50 bits per heavy atom. The number of rotatable bonds is 8. The topological polar surface area (TPSA) is 156 Å². The monoisotopic (exact) mass is 496 g/mol. The Morgan fingerprint density at radius 2 is 2.30 bits per heavy atom. The van der Waals surface area contributed by atoms with Gasteiger partial charge in [-0.05, 0) is 24.5 Å². The highest BCUT2D eigenvalue weighted by Crippen LogP contribution is 2.30. The fourth-order valence-electron chi connectivity index (χ4n) is 2.78. The number of carbonyl (C=O) groups is 2. The van der Waals surface area contributed by atoms with Gasteiger partial charge in [0, 0.05) is 10.7 Å². The van der Waals surface area contributed by atoms with Crippen molar-refractivity contribution in [2.24, 2.45) is 5.16 Å². The predicted octanol–water partition coefficient (Wildman–Crippen LogP) is 1.07. The minimum Gasteiger partial charge on any atom is -0.534 e. The Bertz CT molecular complexity index is 971. The van der Waals surface area contributed by atoms with Gasteiger partial charge < -0.3 is 30.7 Å². The van der Waals surface area contributed by atoms with Crippen LogP contribution in [0.25, 0.3) is 0 Å². The summed E-state index contributed by atoms with van der Waals surface area (Å²) in [6.07, 6.45) is 0.857. The zero-order valence-electron chi connectivity index (χ0n) is 15.6. The standard InChI is InChI=1S/C17H18BBrN4O6S/c19-5-2-6-28-23-13(11-8-30-17(20)21-11)15(24)22-12-7-9-3-1-4-10(16(25)26)14(9)29-18(12)27/h1,3-4,8,12,27H,2,5-7H2,(H2,20,21)(H,22,24)(H,25,26). The quantitative estimate of drug-likeness (QED) is 0.139. The van der Waals surface area contributed by atoms with Crippen molar-refractivity contribution < 1.29 is 29.2 Å². The zero-order valence-corrected chi connectivity index (χ0v) is 18.0. The number of oxime groups is 1. The fourth-order valence-corrected chi connectivity index (χ4v) is 3.56. The Kier molecular flexibility index (Phi) is 7.29. The summed E-state index contributed by atoms with van der Waals surface area (Å²) in [5, 5.41) is 28.7. The van der Waals surface area contributed by atoms with Crippen LogP contribution in [0.5, 0.6) is 5.75 Å². The second-order valence-electron chi connectivity index (χ2n) is 6.28. The van der Waals surface area contributed by atoms with Gasteiger partial charge in [-0.25, -0.2) is 9.78 Å². The molecule has 0 aliphatic carbocycles. The number of hydrogen-bond donors (Lipinski definition) is 4.